The maximum absolute atomic E-state index is 10.9. The molecule has 0 heterocycles. The van der Waals surface area contributed by atoms with Crippen LogP contribution in [-0.4, -0.2) is 52.4 Å². The van der Waals surface area contributed by atoms with Crippen LogP contribution < -0.4 is 0 Å². The second kappa shape index (κ2) is 6.08. The minimum absolute atomic E-state index is 2.24. The van der Waals surface area contributed by atoms with Gasteiger partial charge in [-0.1, -0.05) is 0 Å². The Kier molecular flexibility index (Phi) is 6.03. The van der Waals surface area contributed by atoms with Crippen LogP contribution in [0.5, 0.6) is 0 Å². The number of carbonyl (C=O) groups is 1. The molecule has 0 saturated carbocycles. The molecule has 0 aliphatic rings. The zero-order valence-corrected chi connectivity index (χ0v) is 11.3. The van der Waals surface area contributed by atoms with Crippen LogP contribution in [0, 0.1) is 0 Å². The van der Waals surface area contributed by atoms with Crippen molar-refractivity contribution in [3.8, 4) is 0 Å². The van der Waals surface area contributed by atoms with Crippen molar-refractivity contribution in [3.63, 3.8) is 0 Å². The molecule has 7 N–H and O–H groups in total. The zero-order chi connectivity index (χ0) is 15.6. The van der Waals surface area contributed by atoms with Crippen molar-refractivity contribution in [3.05, 3.63) is 0 Å². The van der Waals surface area contributed by atoms with Crippen molar-refractivity contribution >= 4 is 29.2 Å². The zero-order valence-electron chi connectivity index (χ0n) is 8.58. The summed E-state index contributed by atoms with van der Waals surface area (Å²) in [5, 5.41) is 9.06. The molecule has 0 rings (SSSR count). The highest BCUT2D eigenvalue weighted by molar-refractivity contribution is 7.54. The molecule has 2 unspecified atom stereocenters. The second-order valence-corrected chi connectivity index (χ2v) is 6.96. The van der Waals surface area contributed by atoms with Crippen molar-refractivity contribution in [1.29, 1.82) is 0 Å². The average Bonchev–Trinajstić information content (AvgIpc) is 2.06. The highest BCUT2D eigenvalue weighted by atomic mass is 31.2. The molecule has 114 valence electrons. The van der Waals surface area contributed by atoms with Crippen LogP contribution in [0.3, 0.4) is 0 Å². The van der Waals surface area contributed by atoms with Gasteiger partial charge in [0.15, 0.2) is 6.10 Å². The third kappa shape index (κ3) is 7.88. The highest BCUT2D eigenvalue weighted by Gasteiger charge is 2.46. The number of aliphatic hydroxyl groups excluding tert-OH is 1. The summed E-state index contributed by atoms with van der Waals surface area (Å²) in [6.45, 7) is 0. The normalized spacial score (nSPS) is 16.8. The fourth-order valence-corrected chi connectivity index (χ4v) is 2.82. The van der Waals surface area contributed by atoms with E-state index in [9.17, 15) is 18.5 Å². The van der Waals surface area contributed by atoms with Crippen molar-refractivity contribution < 1.29 is 62.0 Å². The molecule has 0 aromatic rings. The summed E-state index contributed by atoms with van der Waals surface area (Å²) in [5.41, 5.74) is 0. The van der Waals surface area contributed by atoms with E-state index < -0.39 is 41.2 Å². The van der Waals surface area contributed by atoms with Gasteiger partial charge in [-0.05, 0) is 0 Å². The number of aliphatic hydroxyl groups is 1. The molecule has 13 nitrogen and oxygen atoms in total. The summed E-state index contributed by atoms with van der Waals surface area (Å²) in [6, 6.07) is 0. The van der Waals surface area contributed by atoms with Crippen molar-refractivity contribution in [2.75, 3.05) is 0 Å². The molecule has 16 heteroatoms. The molecular formula is C3H9O13P3. The van der Waals surface area contributed by atoms with Crippen molar-refractivity contribution in [2.45, 2.75) is 11.9 Å². The molecule has 0 aliphatic carbocycles. The lowest BCUT2D eigenvalue weighted by atomic mass is 10.4. The third-order valence-corrected chi connectivity index (χ3v) is 3.43. The first kappa shape index (κ1) is 18.8. The standard InChI is InChI=1S/C3H9O13P3/c4-1(2(5)15-18(9,10)11)3(17(6,7)8)16-19(12,13)14/h1,3-4H,(H2,6,7,8)(H2,9,10,11)(H2,12,13,14). The number of phosphoric acid groups is 2. The van der Waals surface area contributed by atoms with E-state index >= 15 is 0 Å². The van der Waals surface area contributed by atoms with Crippen LogP contribution in [0.2, 0.25) is 0 Å². The van der Waals surface area contributed by atoms with Crippen molar-refractivity contribution in [2.24, 2.45) is 0 Å². The fraction of sp³-hybridized carbons (Fsp3) is 0.667. The Bertz CT molecular complexity index is 464. The Balaban J connectivity index is 5.19. The monoisotopic (exact) mass is 346 g/mol. The van der Waals surface area contributed by atoms with E-state index in [1.807, 2.05) is 0 Å². The Morgan fingerprint density at radius 3 is 1.58 bits per heavy atom. The Labute approximate surface area is 104 Å². The summed E-state index contributed by atoms with van der Waals surface area (Å²) in [5.74, 6) is -5.30. The maximum Gasteiger partial charge on any atom is 0.527 e. The average molecular weight is 346 g/mol. The topological polar surface area (TPSA) is 228 Å². The van der Waals surface area contributed by atoms with E-state index in [4.69, 9.17) is 34.5 Å². The van der Waals surface area contributed by atoms with Gasteiger partial charge in [-0.2, -0.15) is 0 Å². The number of hydrogen-bond donors (Lipinski definition) is 7. The highest BCUT2D eigenvalue weighted by Crippen LogP contribution is 2.52. The van der Waals surface area contributed by atoms with Gasteiger partial charge in [-0.3, -0.25) is 18.9 Å². The van der Waals surface area contributed by atoms with E-state index in [-0.39, 0.29) is 0 Å². The lowest BCUT2D eigenvalue weighted by molar-refractivity contribution is -0.148. The van der Waals surface area contributed by atoms with Gasteiger partial charge in [0, 0.05) is 0 Å². The first-order chi connectivity index (χ1) is 8.13. The van der Waals surface area contributed by atoms with Gasteiger partial charge in [0.1, 0.15) is 0 Å². The molecule has 0 spiro atoms. The van der Waals surface area contributed by atoms with E-state index in [1.165, 1.54) is 0 Å². The lowest BCUT2D eigenvalue weighted by Gasteiger charge is -2.22. The summed E-state index contributed by atoms with van der Waals surface area (Å²) in [7, 11) is -16.5. The molecule has 2 atom stereocenters. The smallest absolute Gasteiger partial charge is 0.379 e. The predicted molar refractivity (Wildman–Crippen MR) is 53.1 cm³/mol. The molecule has 0 fully saturated rings. The molecule has 0 saturated heterocycles. The first-order valence-corrected chi connectivity index (χ1v) is 8.64. The lowest BCUT2D eigenvalue weighted by Crippen LogP contribution is -2.36. The summed E-state index contributed by atoms with van der Waals surface area (Å²) >= 11 is 0. The Hall–Kier alpha value is -0.160. The fourth-order valence-electron chi connectivity index (χ4n) is 0.731. The molecule has 0 bridgehead atoms. The number of phosphoric ester groups is 2. The summed E-state index contributed by atoms with van der Waals surface area (Å²) in [4.78, 5) is 61.3. The van der Waals surface area contributed by atoms with Crippen LogP contribution in [0.25, 0.3) is 0 Å². The van der Waals surface area contributed by atoms with Gasteiger partial charge in [-0.15, -0.1) is 0 Å². The van der Waals surface area contributed by atoms with Crippen LogP contribution in [0.1, 0.15) is 0 Å². The minimum Gasteiger partial charge on any atom is -0.379 e. The first-order valence-electron chi connectivity index (χ1n) is 3.90. The summed E-state index contributed by atoms with van der Waals surface area (Å²) < 4.78 is 38.2. The molecular weight excluding hydrogens is 337 g/mol. The van der Waals surface area contributed by atoms with E-state index in [2.05, 4.69) is 9.05 Å². The molecule has 0 aromatic heterocycles. The quantitative estimate of drug-likeness (QED) is 0.249. The van der Waals surface area contributed by atoms with Gasteiger partial charge in [-0.25, -0.2) is 13.9 Å². The largest absolute Gasteiger partial charge is 0.527 e. The van der Waals surface area contributed by atoms with Gasteiger partial charge in [0.25, 0.3) is 0 Å². The van der Waals surface area contributed by atoms with Crippen LogP contribution in [0.4, 0.5) is 0 Å². The molecule has 19 heavy (non-hydrogen) atoms. The van der Waals surface area contributed by atoms with Crippen molar-refractivity contribution in [1.82, 2.24) is 0 Å². The van der Waals surface area contributed by atoms with E-state index in [1.54, 1.807) is 0 Å². The van der Waals surface area contributed by atoms with E-state index in [0.29, 0.717) is 0 Å². The molecule has 0 aliphatic heterocycles. The molecule has 0 amide bonds. The van der Waals surface area contributed by atoms with Gasteiger partial charge in [0.05, 0.1) is 0 Å². The Morgan fingerprint density at radius 2 is 1.32 bits per heavy atom. The van der Waals surface area contributed by atoms with Gasteiger partial charge in [0.2, 0.25) is 5.85 Å². The van der Waals surface area contributed by atoms with E-state index in [0.717, 1.165) is 0 Å². The van der Waals surface area contributed by atoms with Crippen LogP contribution in [0.15, 0.2) is 0 Å². The SMILES string of the molecule is O=C(OP(=O)(O)O)C(O)C(OP(=O)(O)O)P(=O)(O)O. The third-order valence-electron chi connectivity index (χ3n) is 1.30. The molecule has 0 aromatic carbocycles. The molecule has 0 radical (unpaired) electrons. The van der Waals surface area contributed by atoms with Gasteiger partial charge < -0.3 is 29.2 Å². The minimum atomic E-state index is -5.57. The second-order valence-electron chi connectivity index (χ2n) is 2.92. The van der Waals surface area contributed by atoms with Crippen LogP contribution >= 0.6 is 23.2 Å². The number of rotatable bonds is 6. The van der Waals surface area contributed by atoms with Crippen LogP contribution in [-0.2, 0) is 27.5 Å². The predicted octanol–water partition coefficient (Wildman–Crippen LogP) is -2.40. The Morgan fingerprint density at radius 1 is 0.895 bits per heavy atom. The maximum atomic E-state index is 10.9. The summed E-state index contributed by atoms with van der Waals surface area (Å²) in [6.07, 6.45) is -3.04. The number of carbonyl (C=O) groups excluding carboxylic acids is 1. The van der Waals surface area contributed by atoms with Gasteiger partial charge >= 0.3 is 29.2 Å². The number of hydrogen-bond acceptors (Lipinski definition) is 7.